The lowest BCUT2D eigenvalue weighted by molar-refractivity contribution is 0.0697. The van der Waals surface area contributed by atoms with Gasteiger partial charge in [0, 0.05) is 16.7 Å². The number of hydrogen-bond donors (Lipinski definition) is 2. The largest absolute Gasteiger partial charge is 0.478 e. The second kappa shape index (κ2) is 5.16. The van der Waals surface area contributed by atoms with E-state index in [0.717, 1.165) is 34.5 Å². The van der Waals surface area contributed by atoms with Crippen LogP contribution in [0.25, 0.3) is 0 Å². The van der Waals surface area contributed by atoms with Crippen LogP contribution in [-0.2, 0) is 0 Å². The minimum Gasteiger partial charge on any atom is -0.478 e. The van der Waals surface area contributed by atoms with E-state index >= 15 is 0 Å². The predicted molar refractivity (Wildman–Crippen MR) is 78.5 cm³/mol. The molecule has 1 aromatic rings. The summed E-state index contributed by atoms with van der Waals surface area (Å²) < 4.78 is 0.808. The first kappa shape index (κ1) is 13.0. The lowest BCUT2D eigenvalue weighted by Gasteiger charge is -2.22. The molecule has 2 aliphatic carbocycles. The summed E-state index contributed by atoms with van der Waals surface area (Å²) in [6.45, 7) is 0.969. The molecule has 3 atom stereocenters. The second-order valence-corrected chi connectivity index (χ2v) is 6.77. The first-order valence-corrected chi connectivity index (χ1v) is 7.69. The van der Waals surface area contributed by atoms with E-state index in [2.05, 4.69) is 21.2 Å². The van der Waals surface area contributed by atoms with Gasteiger partial charge in [0.15, 0.2) is 0 Å². The maximum absolute atomic E-state index is 11.0. The maximum Gasteiger partial charge on any atom is 0.335 e. The van der Waals surface area contributed by atoms with Crippen LogP contribution in [-0.4, -0.2) is 17.6 Å². The van der Waals surface area contributed by atoms with Crippen molar-refractivity contribution in [2.75, 3.05) is 11.9 Å². The summed E-state index contributed by atoms with van der Waals surface area (Å²) in [6, 6.07) is 5.28. The SMILES string of the molecule is O=C(O)c1cc(Br)cc(NCC2CC3CCC2C3)c1. The molecule has 4 heteroatoms. The standard InChI is InChI=1S/C15H18BrNO2/c16-13-5-11(15(18)19)6-14(7-13)17-8-12-4-9-1-2-10(12)3-9/h5-7,9-10,12,17H,1-4,8H2,(H,18,19). The first-order chi connectivity index (χ1) is 9.11. The van der Waals surface area contributed by atoms with Crippen LogP contribution in [0.1, 0.15) is 36.0 Å². The summed E-state index contributed by atoms with van der Waals surface area (Å²) >= 11 is 3.36. The Kier molecular flexibility index (Phi) is 3.52. The molecule has 3 unspecified atom stereocenters. The Morgan fingerprint density at radius 2 is 2.16 bits per heavy atom. The zero-order chi connectivity index (χ0) is 13.4. The first-order valence-electron chi connectivity index (χ1n) is 6.89. The lowest BCUT2D eigenvalue weighted by Crippen LogP contribution is -2.20. The third kappa shape index (κ3) is 2.78. The second-order valence-electron chi connectivity index (χ2n) is 5.85. The van der Waals surface area contributed by atoms with Crippen molar-refractivity contribution in [1.82, 2.24) is 0 Å². The molecule has 2 aliphatic rings. The van der Waals surface area contributed by atoms with Gasteiger partial charge in [-0.2, -0.15) is 0 Å². The molecule has 1 aromatic carbocycles. The minimum absolute atomic E-state index is 0.324. The Morgan fingerprint density at radius 3 is 2.79 bits per heavy atom. The summed E-state index contributed by atoms with van der Waals surface area (Å²) in [7, 11) is 0. The molecule has 0 aromatic heterocycles. The van der Waals surface area contributed by atoms with E-state index in [-0.39, 0.29) is 0 Å². The fourth-order valence-electron chi connectivity index (χ4n) is 3.69. The molecule has 0 radical (unpaired) electrons. The van der Waals surface area contributed by atoms with E-state index < -0.39 is 5.97 Å². The van der Waals surface area contributed by atoms with Gasteiger partial charge in [0.2, 0.25) is 0 Å². The minimum atomic E-state index is -0.885. The highest BCUT2D eigenvalue weighted by Gasteiger charge is 2.38. The molecule has 3 nitrogen and oxygen atoms in total. The number of hydrogen-bond acceptors (Lipinski definition) is 2. The summed E-state index contributed by atoms with van der Waals surface area (Å²) in [5.41, 5.74) is 1.22. The van der Waals surface area contributed by atoms with E-state index in [4.69, 9.17) is 5.11 Å². The molecule has 2 saturated carbocycles. The van der Waals surface area contributed by atoms with Crippen LogP contribution in [0.2, 0.25) is 0 Å². The average Bonchev–Trinajstić information content (AvgIpc) is 2.97. The predicted octanol–water partition coefficient (Wildman–Crippen LogP) is 4.00. The lowest BCUT2D eigenvalue weighted by atomic mass is 9.89. The van der Waals surface area contributed by atoms with Gasteiger partial charge < -0.3 is 10.4 Å². The molecule has 2 bridgehead atoms. The number of nitrogens with one attached hydrogen (secondary N) is 1. The van der Waals surface area contributed by atoms with Crippen molar-refractivity contribution in [2.24, 2.45) is 17.8 Å². The van der Waals surface area contributed by atoms with Gasteiger partial charge in [-0.25, -0.2) is 4.79 Å². The van der Waals surface area contributed by atoms with Gasteiger partial charge >= 0.3 is 5.97 Å². The number of carboxylic acids is 1. The summed E-state index contributed by atoms with van der Waals surface area (Å²) in [5, 5.41) is 12.5. The molecule has 0 aliphatic heterocycles. The number of anilines is 1. The Labute approximate surface area is 121 Å². The van der Waals surface area contributed by atoms with Gasteiger partial charge in [0.1, 0.15) is 0 Å². The molecule has 0 heterocycles. The molecule has 0 spiro atoms. The fourth-order valence-corrected chi connectivity index (χ4v) is 4.18. The molecule has 0 saturated heterocycles. The quantitative estimate of drug-likeness (QED) is 0.880. The topological polar surface area (TPSA) is 49.3 Å². The number of carboxylic acid groups (broad SMARTS) is 1. The number of aromatic carboxylic acids is 1. The van der Waals surface area contributed by atoms with E-state index in [9.17, 15) is 4.79 Å². The van der Waals surface area contributed by atoms with E-state index in [1.54, 1.807) is 12.1 Å². The Morgan fingerprint density at radius 1 is 1.32 bits per heavy atom. The number of carbonyl (C=O) groups is 1. The summed E-state index contributed by atoms with van der Waals surface area (Å²) in [4.78, 5) is 11.0. The number of halogens is 1. The van der Waals surface area contributed by atoms with Gasteiger partial charge in [-0.1, -0.05) is 22.4 Å². The van der Waals surface area contributed by atoms with Crippen LogP contribution in [0.3, 0.4) is 0 Å². The van der Waals surface area contributed by atoms with Crippen LogP contribution >= 0.6 is 15.9 Å². The van der Waals surface area contributed by atoms with Gasteiger partial charge in [-0.3, -0.25) is 0 Å². The van der Waals surface area contributed by atoms with Crippen LogP contribution in [0.15, 0.2) is 22.7 Å². The smallest absolute Gasteiger partial charge is 0.335 e. The monoisotopic (exact) mass is 323 g/mol. The van der Waals surface area contributed by atoms with Crippen LogP contribution in [0.5, 0.6) is 0 Å². The number of rotatable bonds is 4. The van der Waals surface area contributed by atoms with Crippen molar-refractivity contribution >= 4 is 27.6 Å². The van der Waals surface area contributed by atoms with E-state index in [1.165, 1.54) is 25.7 Å². The maximum atomic E-state index is 11.0. The summed E-state index contributed by atoms with van der Waals surface area (Å²) in [6.07, 6.45) is 5.56. The van der Waals surface area contributed by atoms with Crippen LogP contribution < -0.4 is 5.32 Å². The van der Waals surface area contributed by atoms with Crippen LogP contribution in [0, 0.1) is 17.8 Å². The highest BCUT2D eigenvalue weighted by atomic mass is 79.9. The van der Waals surface area contributed by atoms with Gasteiger partial charge in [-0.05, 0) is 55.2 Å². The van der Waals surface area contributed by atoms with Crippen molar-refractivity contribution < 1.29 is 9.90 Å². The average molecular weight is 324 g/mol. The molecule has 2 N–H and O–H groups in total. The molecule has 102 valence electrons. The van der Waals surface area contributed by atoms with Crippen molar-refractivity contribution in [3.8, 4) is 0 Å². The zero-order valence-corrected chi connectivity index (χ0v) is 12.3. The molecule has 19 heavy (non-hydrogen) atoms. The molecular formula is C15H18BrNO2. The third-order valence-corrected chi connectivity index (χ3v) is 5.06. The molecule has 0 amide bonds. The highest BCUT2D eigenvalue weighted by molar-refractivity contribution is 9.10. The van der Waals surface area contributed by atoms with Gasteiger partial charge in [0.05, 0.1) is 5.56 Å². The summed E-state index contributed by atoms with van der Waals surface area (Å²) in [5.74, 6) is 1.73. The number of benzene rings is 1. The fraction of sp³-hybridized carbons (Fsp3) is 0.533. The zero-order valence-electron chi connectivity index (χ0n) is 10.7. The van der Waals surface area contributed by atoms with Crippen molar-refractivity contribution in [3.63, 3.8) is 0 Å². The molecule has 2 fully saturated rings. The molecular weight excluding hydrogens is 306 g/mol. The van der Waals surface area contributed by atoms with Crippen LogP contribution in [0.4, 0.5) is 5.69 Å². The van der Waals surface area contributed by atoms with E-state index in [0.29, 0.717) is 5.56 Å². The highest BCUT2D eigenvalue weighted by Crippen LogP contribution is 2.48. The Balaban J connectivity index is 1.65. The Hall–Kier alpha value is -1.03. The van der Waals surface area contributed by atoms with E-state index in [1.807, 2.05) is 6.07 Å². The van der Waals surface area contributed by atoms with Crippen molar-refractivity contribution in [2.45, 2.75) is 25.7 Å². The molecule has 3 rings (SSSR count). The van der Waals surface area contributed by atoms with Gasteiger partial charge in [0.25, 0.3) is 0 Å². The van der Waals surface area contributed by atoms with Crippen molar-refractivity contribution in [1.29, 1.82) is 0 Å². The Bertz CT molecular complexity index is 503. The van der Waals surface area contributed by atoms with Crippen molar-refractivity contribution in [3.05, 3.63) is 28.2 Å². The normalized spacial score (nSPS) is 28.6. The number of fused-ring (bicyclic) bond motifs is 2. The van der Waals surface area contributed by atoms with Gasteiger partial charge in [-0.15, -0.1) is 0 Å². The third-order valence-electron chi connectivity index (χ3n) is 4.60.